The molecule has 1 aromatic rings. The minimum Gasteiger partial charge on any atom is -0.389 e. The molecule has 1 unspecified atom stereocenters. The van der Waals surface area contributed by atoms with Crippen LogP contribution in [0.3, 0.4) is 0 Å². The summed E-state index contributed by atoms with van der Waals surface area (Å²) in [5.74, 6) is 0. The van der Waals surface area contributed by atoms with Gasteiger partial charge in [0.1, 0.15) is 0 Å². The molecule has 1 aromatic carbocycles. The van der Waals surface area contributed by atoms with E-state index in [0.717, 1.165) is 18.4 Å². The van der Waals surface area contributed by atoms with Gasteiger partial charge in [-0.15, -0.1) is 0 Å². The van der Waals surface area contributed by atoms with Crippen molar-refractivity contribution in [2.45, 2.75) is 51.9 Å². The van der Waals surface area contributed by atoms with Gasteiger partial charge in [-0.05, 0) is 25.8 Å². The summed E-state index contributed by atoms with van der Waals surface area (Å²) in [5, 5.41) is 13.2. The average molecular weight is 265 g/mol. The number of rotatable bonds is 9. The largest absolute Gasteiger partial charge is 0.389 e. The summed E-state index contributed by atoms with van der Waals surface area (Å²) in [7, 11) is 0. The van der Waals surface area contributed by atoms with Gasteiger partial charge in [-0.1, -0.05) is 43.7 Å². The first-order chi connectivity index (χ1) is 9.03. The maximum absolute atomic E-state index is 9.87. The Morgan fingerprint density at radius 2 is 1.95 bits per heavy atom. The van der Waals surface area contributed by atoms with Gasteiger partial charge in [0, 0.05) is 12.1 Å². The van der Waals surface area contributed by atoms with Crippen molar-refractivity contribution in [3.63, 3.8) is 0 Å². The van der Waals surface area contributed by atoms with Crippen LogP contribution in [0.1, 0.15) is 39.2 Å². The molecule has 0 spiro atoms. The van der Waals surface area contributed by atoms with Crippen molar-refractivity contribution in [3.8, 4) is 0 Å². The first-order valence-electron chi connectivity index (χ1n) is 7.08. The summed E-state index contributed by atoms with van der Waals surface area (Å²) in [4.78, 5) is 0. The fraction of sp³-hybridized carbons (Fsp3) is 0.625. The van der Waals surface area contributed by atoms with Crippen molar-refractivity contribution in [2.75, 3.05) is 13.2 Å². The van der Waals surface area contributed by atoms with Gasteiger partial charge < -0.3 is 15.2 Å². The lowest BCUT2D eigenvalue weighted by Gasteiger charge is -2.27. The van der Waals surface area contributed by atoms with Crippen LogP contribution in [-0.4, -0.2) is 29.9 Å². The van der Waals surface area contributed by atoms with Crippen LogP contribution in [0.25, 0.3) is 0 Å². The minimum absolute atomic E-state index is 0.0785. The molecule has 3 heteroatoms. The summed E-state index contributed by atoms with van der Waals surface area (Å²) in [6, 6.07) is 10.0. The monoisotopic (exact) mass is 265 g/mol. The van der Waals surface area contributed by atoms with Crippen LogP contribution in [0, 0.1) is 0 Å². The van der Waals surface area contributed by atoms with Crippen LogP contribution in [0.4, 0.5) is 0 Å². The van der Waals surface area contributed by atoms with E-state index in [-0.39, 0.29) is 5.54 Å². The Bertz CT molecular complexity index is 338. The second-order valence-corrected chi connectivity index (χ2v) is 5.67. The molecular formula is C16H27NO2. The van der Waals surface area contributed by atoms with Crippen LogP contribution in [0.5, 0.6) is 0 Å². The second-order valence-electron chi connectivity index (χ2n) is 5.67. The normalized spacial score (nSPS) is 13.5. The smallest absolute Gasteiger partial charge is 0.0898 e. The molecule has 0 radical (unpaired) electrons. The lowest BCUT2D eigenvalue weighted by molar-refractivity contribution is 0.0254. The van der Waals surface area contributed by atoms with Crippen molar-refractivity contribution < 1.29 is 9.84 Å². The van der Waals surface area contributed by atoms with Crippen molar-refractivity contribution in [3.05, 3.63) is 35.9 Å². The Morgan fingerprint density at radius 3 is 2.58 bits per heavy atom. The molecule has 1 rings (SSSR count). The molecule has 1 atom stereocenters. The number of β-amino-alcohol motifs (C(OH)–C–C–N with tert-alkyl or cyclic N) is 1. The van der Waals surface area contributed by atoms with E-state index in [2.05, 4.69) is 26.1 Å². The van der Waals surface area contributed by atoms with Crippen molar-refractivity contribution >= 4 is 0 Å². The molecular weight excluding hydrogens is 238 g/mol. The summed E-state index contributed by atoms with van der Waals surface area (Å²) >= 11 is 0. The van der Waals surface area contributed by atoms with Crippen molar-refractivity contribution in [2.24, 2.45) is 0 Å². The summed E-state index contributed by atoms with van der Waals surface area (Å²) < 4.78 is 5.52. The van der Waals surface area contributed by atoms with Gasteiger partial charge in [0.25, 0.3) is 0 Å². The minimum atomic E-state index is -0.458. The lowest BCUT2D eigenvalue weighted by atomic mass is 9.99. The highest BCUT2D eigenvalue weighted by atomic mass is 16.5. The molecule has 0 aliphatic heterocycles. The number of aliphatic hydroxyl groups excluding tert-OH is 1. The Kier molecular flexibility index (Phi) is 7.06. The van der Waals surface area contributed by atoms with E-state index in [1.54, 1.807) is 0 Å². The third kappa shape index (κ3) is 7.31. The average Bonchev–Trinajstić information content (AvgIpc) is 2.38. The number of ether oxygens (including phenoxy) is 1. The van der Waals surface area contributed by atoms with Gasteiger partial charge in [0.2, 0.25) is 0 Å². The molecule has 0 bridgehead atoms. The molecule has 2 N–H and O–H groups in total. The first kappa shape index (κ1) is 16.2. The third-order valence-corrected chi connectivity index (χ3v) is 3.11. The van der Waals surface area contributed by atoms with Gasteiger partial charge in [-0.25, -0.2) is 0 Å². The van der Waals surface area contributed by atoms with Gasteiger partial charge in [-0.2, -0.15) is 0 Å². The molecule has 0 fully saturated rings. The highest BCUT2D eigenvalue weighted by Gasteiger charge is 2.17. The molecule has 3 nitrogen and oxygen atoms in total. The van der Waals surface area contributed by atoms with Crippen molar-refractivity contribution in [1.82, 2.24) is 5.32 Å². The van der Waals surface area contributed by atoms with Gasteiger partial charge in [0.05, 0.1) is 19.3 Å². The Morgan fingerprint density at radius 1 is 1.26 bits per heavy atom. The van der Waals surface area contributed by atoms with E-state index in [1.165, 1.54) is 0 Å². The van der Waals surface area contributed by atoms with E-state index in [1.807, 2.05) is 30.3 Å². The molecule has 108 valence electrons. The second kappa shape index (κ2) is 8.31. The molecule has 0 heterocycles. The molecule has 0 amide bonds. The SMILES string of the molecule is CCCC(C)(C)NCC(O)COCc1ccccc1. The van der Waals surface area contributed by atoms with Gasteiger partial charge >= 0.3 is 0 Å². The standard InChI is InChI=1S/C16H27NO2/c1-4-10-16(2,3)17-11-15(18)13-19-12-14-8-6-5-7-9-14/h5-9,15,17-18H,4,10-13H2,1-3H3. The fourth-order valence-electron chi connectivity index (χ4n) is 2.05. The van der Waals surface area contributed by atoms with Crippen LogP contribution in [0.15, 0.2) is 30.3 Å². The lowest BCUT2D eigenvalue weighted by Crippen LogP contribution is -2.44. The zero-order valence-electron chi connectivity index (χ0n) is 12.4. The van der Waals surface area contributed by atoms with Gasteiger partial charge in [0.15, 0.2) is 0 Å². The summed E-state index contributed by atoms with van der Waals surface area (Å²) in [6.45, 7) is 7.98. The fourth-order valence-corrected chi connectivity index (χ4v) is 2.05. The Hall–Kier alpha value is -0.900. The summed E-state index contributed by atoms with van der Waals surface area (Å²) in [5.41, 5.74) is 1.21. The Labute approximate surface area is 117 Å². The van der Waals surface area contributed by atoms with E-state index < -0.39 is 6.10 Å². The Balaban J connectivity index is 2.16. The molecule has 19 heavy (non-hydrogen) atoms. The maximum Gasteiger partial charge on any atom is 0.0898 e. The summed E-state index contributed by atoms with van der Waals surface area (Å²) in [6.07, 6.45) is 1.78. The van der Waals surface area contributed by atoms with Gasteiger partial charge in [-0.3, -0.25) is 0 Å². The number of aliphatic hydroxyl groups is 1. The number of benzene rings is 1. The highest BCUT2D eigenvalue weighted by molar-refractivity contribution is 5.13. The molecule has 0 aromatic heterocycles. The van der Waals surface area contributed by atoms with E-state index in [9.17, 15) is 5.11 Å². The van der Waals surface area contributed by atoms with Crippen molar-refractivity contribution in [1.29, 1.82) is 0 Å². The maximum atomic E-state index is 9.87. The molecule has 0 aliphatic carbocycles. The van der Waals surface area contributed by atoms with Crippen LogP contribution < -0.4 is 5.32 Å². The molecule has 0 aliphatic rings. The van der Waals surface area contributed by atoms with E-state index >= 15 is 0 Å². The topological polar surface area (TPSA) is 41.5 Å². The zero-order chi connectivity index (χ0) is 14.1. The predicted molar refractivity (Wildman–Crippen MR) is 79.1 cm³/mol. The zero-order valence-corrected chi connectivity index (χ0v) is 12.4. The number of hydrogen-bond donors (Lipinski definition) is 2. The molecule has 0 saturated heterocycles. The first-order valence-corrected chi connectivity index (χ1v) is 7.08. The van der Waals surface area contributed by atoms with Crippen LogP contribution >= 0.6 is 0 Å². The third-order valence-electron chi connectivity index (χ3n) is 3.11. The predicted octanol–water partition coefficient (Wildman–Crippen LogP) is 2.73. The molecule has 0 saturated carbocycles. The van der Waals surface area contributed by atoms with E-state index in [0.29, 0.717) is 19.8 Å². The quantitative estimate of drug-likeness (QED) is 0.721. The van der Waals surface area contributed by atoms with E-state index in [4.69, 9.17) is 4.74 Å². The van der Waals surface area contributed by atoms with Crippen LogP contribution in [0.2, 0.25) is 0 Å². The number of hydrogen-bond acceptors (Lipinski definition) is 3. The number of nitrogens with one attached hydrogen (secondary N) is 1. The highest BCUT2D eigenvalue weighted by Crippen LogP contribution is 2.10. The van der Waals surface area contributed by atoms with Crippen LogP contribution in [-0.2, 0) is 11.3 Å².